The molecule has 1 rings (SSSR count). The quantitative estimate of drug-likeness (QED) is 0.511. The van der Waals surface area contributed by atoms with E-state index in [0.29, 0.717) is 5.92 Å². The maximum absolute atomic E-state index is 5.54. The predicted octanol–water partition coefficient (Wildman–Crippen LogP) is 1.03. The van der Waals surface area contributed by atoms with Crippen LogP contribution in [0.4, 0.5) is 5.69 Å². The zero-order chi connectivity index (χ0) is 12.1. The molecule has 0 unspecified atom stereocenters. The fourth-order valence-corrected chi connectivity index (χ4v) is 1.24. The van der Waals surface area contributed by atoms with Crippen LogP contribution < -0.4 is 17.2 Å². The molecule has 6 N–H and O–H groups in total. The Morgan fingerprint density at radius 1 is 1.19 bits per heavy atom. The number of guanidine groups is 2. The Hall–Kier alpha value is -2.04. The summed E-state index contributed by atoms with van der Waals surface area (Å²) >= 11 is 0. The number of nitrogens with two attached hydrogens (primary N) is 3. The Labute approximate surface area is 95.1 Å². The van der Waals surface area contributed by atoms with Gasteiger partial charge in [0.25, 0.3) is 0 Å². The minimum absolute atomic E-state index is 0.0564. The number of rotatable bonds is 2. The molecule has 1 aromatic rings. The summed E-state index contributed by atoms with van der Waals surface area (Å²) in [7, 11) is 0. The molecule has 0 amide bonds. The number of hydrogen-bond donors (Lipinski definition) is 3. The normalized spacial score (nSPS) is 11.6. The van der Waals surface area contributed by atoms with Crippen LogP contribution in [0.2, 0.25) is 0 Å². The molecule has 0 heterocycles. The minimum Gasteiger partial charge on any atom is -0.370 e. The van der Waals surface area contributed by atoms with Crippen molar-refractivity contribution in [2.24, 2.45) is 27.2 Å². The lowest BCUT2D eigenvalue weighted by Crippen LogP contribution is -2.26. The SMILES string of the molecule is CC(C)c1cccc(N=C(N)N=C(N)N)c1. The largest absolute Gasteiger partial charge is 0.370 e. The van der Waals surface area contributed by atoms with Crippen molar-refractivity contribution >= 4 is 17.6 Å². The van der Waals surface area contributed by atoms with Crippen molar-refractivity contribution in [1.29, 1.82) is 0 Å². The van der Waals surface area contributed by atoms with Gasteiger partial charge in [0.15, 0.2) is 5.96 Å². The first-order chi connectivity index (χ1) is 7.49. The molecule has 0 radical (unpaired) electrons. The van der Waals surface area contributed by atoms with Gasteiger partial charge in [0, 0.05) is 0 Å². The first kappa shape index (κ1) is 12.0. The van der Waals surface area contributed by atoms with E-state index in [4.69, 9.17) is 17.2 Å². The standard InChI is InChI=1S/C11H17N5/c1-7(2)8-4-3-5-9(6-8)15-11(14)16-10(12)13/h3-7H,1-2H3,(H6,12,13,14,15,16). The highest BCUT2D eigenvalue weighted by Crippen LogP contribution is 2.20. The topological polar surface area (TPSA) is 103 Å². The fourth-order valence-electron chi connectivity index (χ4n) is 1.24. The van der Waals surface area contributed by atoms with Crippen LogP contribution in [0, 0.1) is 0 Å². The van der Waals surface area contributed by atoms with Crippen molar-refractivity contribution in [3.8, 4) is 0 Å². The Balaban J connectivity index is 2.97. The highest BCUT2D eigenvalue weighted by atomic mass is 15.1. The van der Waals surface area contributed by atoms with E-state index in [1.54, 1.807) is 0 Å². The smallest absolute Gasteiger partial charge is 0.223 e. The van der Waals surface area contributed by atoms with E-state index < -0.39 is 0 Å². The summed E-state index contributed by atoms with van der Waals surface area (Å²) in [4.78, 5) is 7.74. The van der Waals surface area contributed by atoms with Crippen molar-refractivity contribution in [3.05, 3.63) is 29.8 Å². The molecule has 0 bridgehead atoms. The van der Waals surface area contributed by atoms with Crippen molar-refractivity contribution in [3.63, 3.8) is 0 Å². The Kier molecular flexibility index (Phi) is 3.88. The molecule has 0 aliphatic heterocycles. The van der Waals surface area contributed by atoms with E-state index in [1.165, 1.54) is 5.56 Å². The van der Waals surface area contributed by atoms with E-state index in [2.05, 4.69) is 23.8 Å². The molecule has 0 spiro atoms. The molecule has 1 aromatic carbocycles. The number of aliphatic imine (C=N–C) groups is 2. The molecule has 0 aliphatic rings. The van der Waals surface area contributed by atoms with Crippen LogP contribution in [0.5, 0.6) is 0 Å². The molecule has 86 valence electrons. The first-order valence-electron chi connectivity index (χ1n) is 5.03. The van der Waals surface area contributed by atoms with Gasteiger partial charge in [0.05, 0.1) is 5.69 Å². The minimum atomic E-state index is -0.0961. The van der Waals surface area contributed by atoms with Gasteiger partial charge in [0.2, 0.25) is 5.96 Å². The average molecular weight is 219 g/mol. The van der Waals surface area contributed by atoms with Gasteiger partial charge < -0.3 is 17.2 Å². The maximum atomic E-state index is 5.54. The van der Waals surface area contributed by atoms with E-state index in [0.717, 1.165) is 5.69 Å². The van der Waals surface area contributed by atoms with Crippen molar-refractivity contribution < 1.29 is 0 Å². The third-order valence-electron chi connectivity index (χ3n) is 2.02. The molecular weight excluding hydrogens is 202 g/mol. The fraction of sp³-hybridized carbons (Fsp3) is 0.273. The summed E-state index contributed by atoms with van der Waals surface area (Å²) in [6, 6.07) is 7.78. The maximum Gasteiger partial charge on any atom is 0.223 e. The van der Waals surface area contributed by atoms with E-state index >= 15 is 0 Å². The molecule has 0 atom stereocenters. The molecule has 5 heteroatoms. The molecule has 16 heavy (non-hydrogen) atoms. The number of benzene rings is 1. The van der Waals surface area contributed by atoms with Crippen LogP contribution in [0.15, 0.2) is 34.3 Å². The van der Waals surface area contributed by atoms with Gasteiger partial charge in [-0.1, -0.05) is 26.0 Å². The third kappa shape index (κ3) is 3.61. The average Bonchev–Trinajstić information content (AvgIpc) is 2.16. The van der Waals surface area contributed by atoms with Crippen LogP contribution in [-0.2, 0) is 0 Å². The monoisotopic (exact) mass is 219 g/mol. The molecule has 0 aliphatic carbocycles. The zero-order valence-electron chi connectivity index (χ0n) is 9.51. The van der Waals surface area contributed by atoms with Crippen LogP contribution in [0.1, 0.15) is 25.3 Å². The van der Waals surface area contributed by atoms with Crippen LogP contribution in [0.3, 0.4) is 0 Å². The second-order valence-corrected chi connectivity index (χ2v) is 3.76. The van der Waals surface area contributed by atoms with Gasteiger partial charge in [-0.05, 0) is 23.6 Å². The molecule has 0 aromatic heterocycles. The Morgan fingerprint density at radius 3 is 2.44 bits per heavy atom. The lowest BCUT2D eigenvalue weighted by atomic mass is 10.0. The summed E-state index contributed by atoms with van der Waals surface area (Å²) in [5, 5.41) is 0. The lowest BCUT2D eigenvalue weighted by Gasteiger charge is -2.05. The van der Waals surface area contributed by atoms with Gasteiger partial charge >= 0.3 is 0 Å². The molecular formula is C11H17N5. The van der Waals surface area contributed by atoms with Crippen LogP contribution in [0.25, 0.3) is 0 Å². The summed E-state index contributed by atoms with van der Waals surface area (Å²) in [6.45, 7) is 4.23. The summed E-state index contributed by atoms with van der Waals surface area (Å²) < 4.78 is 0. The first-order valence-corrected chi connectivity index (χ1v) is 5.03. The molecule has 0 fully saturated rings. The summed E-state index contributed by atoms with van der Waals surface area (Å²) in [5.74, 6) is 0.404. The zero-order valence-corrected chi connectivity index (χ0v) is 9.51. The van der Waals surface area contributed by atoms with Crippen molar-refractivity contribution in [2.45, 2.75) is 19.8 Å². The van der Waals surface area contributed by atoms with E-state index in [9.17, 15) is 0 Å². The van der Waals surface area contributed by atoms with E-state index in [-0.39, 0.29) is 11.9 Å². The van der Waals surface area contributed by atoms with Crippen molar-refractivity contribution in [2.75, 3.05) is 0 Å². The third-order valence-corrected chi connectivity index (χ3v) is 2.02. The van der Waals surface area contributed by atoms with Gasteiger partial charge in [-0.2, -0.15) is 4.99 Å². The van der Waals surface area contributed by atoms with Gasteiger partial charge in [-0.15, -0.1) is 0 Å². The summed E-state index contributed by atoms with van der Waals surface area (Å²) in [5.41, 5.74) is 17.9. The highest BCUT2D eigenvalue weighted by molar-refractivity contribution is 5.93. The van der Waals surface area contributed by atoms with Crippen LogP contribution in [-0.4, -0.2) is 11.9 Å². The molecule has 0 saturated carbocycles. The van der Waals surface area contributed by atoms with E-state index in [1.807, 2.05) is 24.3 Å². The van der Waals surface area contributed by atoms with Gasteiger partial charge in [-0.25, -0.2) is 4.99 Å². The van der Waals surface area contributed by atoms with Gasteiger partial charge in [-0.3, -0.25) is 0 Å². The molecule has 5 nitrogen and oxygen atoms in total. The van der Waals surface area contributed by atoms with Crippen molar-refractivity contribution in [1.82, 2.24) is 0 Å². The highest BCUT2D eigenvalue weighted by Gasteiger charge is 1.99. The second-order valence-electron chi connectivity index (χ2n) is 3.76. The lowest BCUT2D eigenvalue weighted by molar-refractivity contribution is 0.867. The number of nitrogens with zero attached hydrogens (tertiary/aromatic N) is 2. The molecule has 0 saturated heterocycles. The van der Waals surface area contributed by atoms with Gasteiger partial charge in [0.1, 0.15) is 0 Å². The number of hydrogen-bond acceptors (Lipinski definition) is 1. The predicted molar refractivity (Wildman–Crippen MR) is 67.6 cm³/mol. The summed E-state index contributed by atoms with van der Waals surface area (Å²) in [6.07, 6.45) is 0. The Morgan fingerprint density at radius 2 is 1.88 bits per heavy atom. The second kappa shape index (κ2) is 5.16. The van der Waals surface area contributed by atoms with Crippen LogP contribution >= 0.6 is 0 Å². The Bertz CT molecular complexity index is 416.